The lowest BCUT2D eigenvalue weighted by molar-refractivity contribution is -0.0990. The van der Waals surface area contributed by atoms with E-state index in [1.165, 1.54) is 7.11 Å². The van der Waals surface area contributed by atoms with Crippen molar-refractivity contribution in [2.75, 3.05) is 27.9 Å². The van der Waals surface area contributed by atoms with E-state index in [2.05, 4.69) is 10.1 Å². The molecule has 0 fully saturated rings. The Morgan fingerprint density at radius 2 is 2.06 bits per heavy atom. The lowest BCUT2D eigenvalue weighted by Gasteiger charge is -2.13. The number of carbonyl (C=O) groups is 1. The van der Waals surface area contributed by atoms with E-state index in [4.69, 9.17) is 13.9 Å². The number of ether oxygens (including phenoxy) is 3. The van der Waals surface area contributed by atoms with Crippen LogP contribution < -0.4 is 5.32 Å². The van der Waals surface area contributed by atoms with Crippen molar-refractivity contribution in [1.29, 1.82) is 0 Å². The first kappa shape index (κ1) is 14.7. The highest BCUT2D eigenvalue weighted by Crippen LogP contribution is 2.15. The molecule has 0 aliphatic carbocycles. The first-order chi connectivity index (χ1) is 8.62. The molecule has 0 radical (unpaired) electrons. The Morgan fingerprint density at radius 1 is 1.39 bits per heavy atom. The van der Waals surface area contributed by atoms with Gasteiger partial charge in [0, 0.05) is 20.8 Å². The normalized spacial score (nSPS) is 10.9. The molecule has 1 aromatic rings. The van der Waals surface area contributed by atoms with Crippen molar-refractivity contribution in [3.05, 3.63) is 23.2 Å². The minimum Gasteiger partial charge on any atom is -0.465 e. The van der Waals surface area contributed by atoms with Crippen LogP contribution in [0.4, 0.5) is 0 Å². The Bertz CT molecular complexity index is 384. The van der Waals surface area contributed by atoms with Gasteiger partial charge < -0.3 is 23.9 Å². The zero-order valence-corrected chi connectivity index (χ0v) is 11.1. The standard InChI is InChI=1S/C12H19NO5/c1-8-10(12(14)17-4)5-9(18-8)6-13-7-11(15-2)16-3/h5,11,13H,6-7H2,1-4H3. The summed E-state index contributed by atoms with van der Waals surface area (Å²) < 4.78 is 20.2. The summed E-state index contributed by atoms with van der Waals surface area (Å²) in [5.74, 6) is 0.821. The summed E-state index contributed by atoms with van der Waals surface area (Å²) in [6.07, 6.45) is -0.305. The maximum atomic E-state index is 11.4. The number of furan rings is 1. The molecule has 0 aliphatic heterocycles. The predicted molar refractivity (Wildman–Crippen MR) is 64.3 cm³/mol. The number of hydrogen-bond acceptors (Lipinski definition) is 6. The van der Waals surface area contributed by atoms with Crippen LogP contribution in [0.15, 0.2) is 10.5 Å². The maximum absolute atomic E-state index is 11.4. The average molecular weight is 257 g/mol. The number of rotatable bonds is 7. The Morgan fingerprint density at radius 3 is 2.61 bits per heavy atom. The molecule has 0 unspecified atom stereocenters. The van der Waals surface area contributed by atoms with Gasteiger partial charge in [-0.05, 0) is 13.0 Å². The van der Waals surface area contributed by atoms with Crippen molar-refractivity contribution in [2.45, 2.75) is 19.8 Å². The topological polar surface area (TPSA) is 69.9 Å². The molecule has 1 aromatic heterocycles. The van der Waals surface area contributed by atoms with Crippen LogP contribution in [0, 0.1) is 6.92 Å². The number of aryl methyl sites for hydroxylation is 1. The molecule has 0 saturated heterocycles. The third kappa shape index (κ3) is 3.83. The van der Waals surface area contributed by atoms with Crippen LogP contribution in [-0.2, 0) is 20.8 Å². The summed E-state index contributed by atoms with van der Waals surface area (Å²) in [6, 6.07) is 1.67. The highest BCUT2D eigenvalue weighted by atomic mass is 16.7. The Kier molecular flexibility index (Phi) is 5.84. The van der Waals surface area contributed by atoms with Gasteiger partial charge in [0.05, 0.1) is 13.7 Å². The highest BCUT2D eigenvalue weighted by Gasteiger charge is 2.15. The molecule has 1 heterocycles. The zero-order chi connectivity index (χ0) is 13.5. The van der Waals surface area contributed by atoms with E-state index >= 15 is 0 Å². The van der Waals surface area contributed by atoms with Crippen LogP contribution in [-0.4, -0.2) is 40.1 Å². The fourth-order valence-corrected chi connectivity index (χ4v) is 1.52. The summed E-state index contributed by atoms with van der Waals surface area (Å²) in [4.78, 5) is 11.4. The first-order valence-electron chi connectivity index (χ1n) is 5.56. The molecule has 0 amide bonds. The van der Waals surface area contributed by atoms with Gasteiger partial charge in [-0.15, -0.1) is 0 Å². The minimum atomic E-state index is -0.394. The first-order valence-corrected chi connectivity index (χ1v) is 5.56. The van der Waals surface area contributed by atoms with E-state index in [0.29, 0.717) is 30.2 Å². The van der Waals surface area contributed by atoms with Crippen LogP contribution in [0.2, 0.25) is 0 Å². The van der Waals surface area contributed by atoms with Crippen LogP contribution in [0.5, 0.6) is 0 Å². The molecule has 102 valence electrons. The molecule has 1 rings (SSSR count). The van der Waals surface area contributed by atoms with E-state index in [1.807, 2.05) is 0 Å². The van der Waals surface area contributed by atoms with Crippen molar-refractivity contribution in [1.82, 2.24) is 5.32 Å². The lowest BCUT2D eigenvalue weighted by Crippen LogP contribution is -2.29. The molecule has 6 nitrogen and oxygen atoms in total. The van der Waals surface area contributed by atoms with Gasteiger partial charge in [-0.25, -0.2) is 4.79 Å². The molecular formula is C12H19NO5. The third-order valence-corrected chi connectivity index (χ3v) is 2.51. The Labute approximate surface area is 106 Å². The molecule has 0 atom stereocenters. The zero-order valence-electron chi connectivity index (χ0n) is 11.1. The van der Waals surface area contributed by atoms with Crippen LogP contribution >= 0.6 is 0 Å². The van der Waals surface area contributed by atoms with Crippen LogP contribution in [0.3, 0.4) is 0 Å². The summed E-state index contributed by atoms with van der Waals surface area (Å²) in [5, 5.41) is 3.11. The Hall–Kier alpha value is -1.37. The van der Waals surface area contributed by atoms with E-state index < -0.39 is 5.97 Å². The molecule has 6 heteroatoms. The Balaban J connectivity index is 2.51. The van der Waals surface area contributed by atoms with Gasteiger partial charge >= 0.3 is 5.97 Å². The minimum absolute atomic E-state index is 0.305. The summed E-state index contributed by atoms with van der Waals surface area (Å²) in [6.45, 7) is 2.74. The fourth-order valence-electron chi connectivity index (χ4n) is 1.52. The van der Waals surface area contributed by atoms with Crippen molar-refractivity contribution in [3.63, 3.8) is 0 Å². The summed E-state index contributed by atoms with van der Waals surface area (Å²) in [7, 11) is 4.49. The fraction of sp³-hybridized carbons (Fsp3) is 0.583. The molecule has 0 bridgehead atoms. The summed E-state index contributed by atoms with van der Waals surface area (Å²) in [5.41, 5.74) is 0.448. The molecule has 0 saturated carbocycles. The van der Waals surface area contributed by atoms with E-state index in [1.54, 1.807) is 27.2 Å². The maximum Gasteiger partial charge on any atom is 0.341 e. The van der Waals surface area contributed by atoms with E-state index in [0.717, 1.165) is 0 Å². The third-order valence-electron chi connectivity index (χ3n) is 2.51. The molecule has 18 heavy (non-hydrogen) atoms. The number of hydrogen-bond donors (Lipinski definition) is 1. The number of nitrogens with one attached hydrogen (secondary N) is 1. The van der Waals surface area contributed by atoms with Gasteiger partial charge in [-0.1, -0.05) is 0 Å². The van der Waals surface area contributed by atoms with Gasteiger partial charge in [0.25, 0.3) is 0 Å². The van der Waals surface area contributed by atoms with E-state index in [-0.39, 0.29) is 6.29 Å². The van der Waals surface area contributed by atoms with Crippen molar-refractivity contribution in [3.8, 4) is 0 Å². The van der Waals surface area contributed by atoms with Crippen molar-refractivity contribution < 1.29 is 23.4 Å². The number of methoxy groups -OCH3 is 3. The molecule has 0 aliphatic rings. The van der Waals surface area contributed by atoms with Crippen molar-refractivity contribution in [2.24, 2.45) is 0 Å². The molecule has 0 aromatic carbocycles. The molecular weight excluding hydrogens is 238 g/mol. The van der Waals surface area contributed by atoms with Gasteiger partial charge in [-0.3, -0.25) is 0 Å². The average Bonchev–Trinajstić information content (AvgIpc) is 2.75. The largest absolute Gasteiger partial charge is 0.465 e. The second-order valence-electron chi connectivity index (χ2n) is 3.71. The number of carbonyl (C=O) groups excluding carboxylic acids is 1. The predicted octanol–water partition coefficient (Wildman–Crippen LogP) is 1.08. The quantitative estimate of drug-likeness (QED) is 0.582. The monoisotopic (exact) mass is 257 g/mol. The SMILES string of the molecule is COC(=O)c1cc(CNCC(OC)OC)oc1C. The molecule has 0 spiro atoms. The number of esters is 1. The van der Waals surface area contributed by atoms with Crippen LogP contribution in [0.1, 0.15) is 21.9 Å². The molecule has 1 N–H and O–H groups in total. The highest BCUT2D eigenvalue weighted by molar-refractivity contribution is 5.90. The second kappa shape index (κ2) is 7.15. The van der Waals surface area contributed by atoms with Gasteiger partial charge in [0.1, 0.15) is 17.1 Å². The summed E-state index contributed by atoms with van der Waals surface area (Å²) >= 11 is 0. The second-order valence-corrected chi connectivity index (χ2v) is 3.71. The van der Waals surface area contributed by atoms with Crippen molar-refractivity contribution >= 4 is 5.97 Å². The smallest absolute Gasteiger partial charge is 0.341 e. The van der Waals surface area contributed by atoms with E-state index in [9.17, 15) is 4.79 Å². The van der Waals surface area contributed by atoms with Gasteiger partial charge in [-0.2, -0.15) is 0 Å². The lowest BCUT2D eigenvalue weighted by atomic mass is 10.2. The van der Waals surface area contributed by atoms with Gasteiger partial charge in [0.15, 0.2) is 6.29 Å². The van der Waals surface area contributed by atoms with Gasteiger partial charge in [0.2, 0.25) is 0 Å². The van der Waals surface area contributed by atoms with Crippen LogP contribution in [0.25, 0.3) is 0 Å².